The number of allylic oxidation sites excluding steroid dienone is 2. The molecule has 0 saturated carbocycles. The number of piperazine rings is 1. The minimum absolute atomic E-state index is 0.0325. The number of amides is 2. The Bertz CT molecular complexity index is 994. The van der Waals surface area contributed by atoms with Crippen LogP contribution in [0.3, 0.4) is 0 Å². The van der Waals surface area contributed by atoms with Gasteiger partial charge in [0.15, 0.2) is 0 Å². The molecular formula is C24H33N7O. The van der Waals surface area contributed by atoms with E-state index in [0.29, 0.717) is 18.4 Å². The Morgan fingerprint density at radius 2 is 2.16 bits per heavy atom. The molecular weight excluding hydrogens is 402 g/mol. The van der Waals surface area contributed by atoms with Gasteiger partial charge in [-0.25, -0.2) is 9.78 Å². The van der Waals surface area contributed by atoms with E-state index in [2.05, 4.69) is 45.4 Å². The maximum absolute atomic E-state index is 13.3. The molecule has 170 valence electrons. The van der Waals surface area contributed by atoms with Gasteiger partial charge in [0.05, 0.1) is 6.04 Å². The second-order valence-corrected chi connectivity index (χ2v) is 8.71. The molecule has 3 aliphatic rings. The van der Waals surface area contributed by atoms with Gasteiger partial charge >= 0.3 is 6.03 Å². The summed E-state index contributed by atoms with van der Waals surface area (Å²) in [6.45, 7) is 11.7. The number of anilines is 2. The van der Waals surface area contributed by atoms with Crippen molar-refractivity contribution in [3.63, 3.8) is 0 Å². The number of aromatic nitrogens is 1. The van der Waals surface area contributed by atoms with Gasteiger partial charge in [-0.05, 0) is 57.4 Å². The van der Waals surface area contributed by atoms with Crippen LogP contribution in [0.15, 0.2) is 45.7 Å². The van der Waals surface area contributed by atoms with E-state index in [4.69, 9.17) is 4.99 Å². The van der Waals surface area contributed by atoms with Gasteiger partial charge in [0.25, 0.3) is 0 Å². The van der Waals surface area contributed by atoms with E-state index < -0.39 is 0 Å². The third kappa shape index (κ3) is 4.91. The molecule has 1 saturated heterocycles. The molecule has 2 N–H and O–H groups in total. The number of urea groups is 1. The molecule has 0 bridgehead atoms. The molecule has 4 rings (SSSR count). The zero-order valence-corrected chi connectivity index (χ0v) is 19.4. The number of fused-ring (bicyclic) bond motifs is 1. The monoisotopic (exact) mass is 435 g/mol. The summed E-state index contributed by atoms with van der Waals surface area (Å²) < 4.78 is 0. The first kappa shape index (κ1) is 22.2. The molecule has 8 nitrogen and oxygen atoms in total. The predicted octanol–water partition coefficient (Wildman–Crippen LogP) is 3.06. The highest BCUT2D eigenvalue weighted by molar-refractivity contribution is 6.10. The normalized spacial score (nSPS) is 27.7. The Morgan fingerprint density at radius 1 is 1.31 bits per heavy atom. The number of aliphatic imine (C=N–C) groups is 2. The van der Waals surface area contributed by atoms with Crippen LogP contribution < -0.4 is 20.4 Å². The van der Waals surface area contributed by atoms with E-state index in [1.807, 2.05) is 32.2 Å². The predicted molar refractivity (Wildman–Crippen MR) is 131 cm³/mol. The second kappa shape index (κ2) is 9.65. The number of nitrogens with zero attached hydrogens (tertiary/aromatic N) is 5. The van der Waals surface area contributed by atoms with E-state index in [0.717, 1.165) is 55.1 Å². The number of amidine groups is 1. The van der Waals surface area contributed by atoms with Crippen molar-refractivity contribution in [2.75, 3.05) is 36.0 Å². The van der Waals surface area contributed by atoms with Crippen LogP contribution in [0, 0.1) is 0 Å². The molecule has 0 radical (unpaired) electrons. The first-order valence-corrected chi connectivity index (χ1v) is 11.5. The van der Waals surface area contributed by atoms with Gasteiger partial charge in [-0.3, -0.25) is 20.2 Å². The maximum atomic E-state index is 13.3. The average molecular weight is 436 g/mol. The molecule has 2 unspecified atom stereocenters. The summed E-state index contributed by atoms with van der Waals surface area (Å²) in [5.74, 6) is 1.30. The number of carbonyl (C=O) groups is 1. The second-order valence-electron chi connectivity index (χ2n) is 8.71. The van der Waals surface area contributed by atoms with E-state index in [-0.39, 0.29) is 12.1 Å². The Balaban J connectivity index is 1.56. The van der Waals surface area contributed by atoms with Crippen molar-refractivity contribution in [2.45, 2.75) is 52.6 Å². The molecule has 3 aliphatic heterocycles. The van der Waals surface area contributed by atoms with Crippen molar-refractivity contribution in [1.82, 2.24) is 15.6 Å². The van der Waals surface area contributed by atoms with Gasteiger partial charge in [-0.1, -0.05) is 6.92 Å². The first-order chi connectivity index (χ1) is 15.4. The van der Waals surface area contributed by atoms with Gasteiger partial charge < -0.3 is 10.2 Å². The Morgan fingerprint density at radius 3 is 2.94 bits per heavy atom. The average Bonchev–Trinajstić information content (AvgIpc) is 3.23. The molecule has 4 heterocycles. The van der Waals surface area contributed by atoms with Crippen LogP contribution in [0.2, 0.25) is 0 Å². The van der Waals surface area contributed by atoms with E-state index in [1.54, 1.807) is 11.1 Å². The fourth-order valence-corrected chi connectivity index (χ4v) is 4.40. The van der Waals surface area contributed by atoms with Crippen molar-refractivity contribution in [3.05, 3.63) is 41.2 Å². The van der Waals surface area contributed by atoms with E-state index in [9.17, 15) is 4.79 Å². The van der Waals surface area contributed by atoms with Crippen LogP contribution in [0.1, 0.15) is 39.7 Å². The molecule has 0 aromatic carbocycles. The molecule has 32 heavy (non-hydrogen) atoms. The fraction of sp³-hybridized carbons (Fsp3) is 0.500. The first-order valence-electron chi connectivity index (χ1n) is 11.5. The van der Waals surface area contributed by atoms with Crippen molar-refractivity contribution in [2.24, 2.45) is 9.98 Å². The summed E-state index contributed by atoms with van der Waals surface area (Å²) in [5.41, 5.74) is 4.20. The molecule has 1 aromatic rings. The van der Waals surface area contributed by atoms with E-state index >= 15 is 0 Å². The lowest BCUT2D eigenvalue weighted by Gasteiger charge is -2.34. The molecule has 1 aromatic heterocycles. The third-order valence-corrected chi connectivity index (χ3v) is 6.03. The Kier molecular flexibility index (Phi) is 6.69. The van der Waals surface area contributed by atoms with Crippen molar-refractivity contribution < 1.29 is 4.79 Å². The molecule has 2 amide bonds. The van der Waals surface area contributed by atoms with Gasteiger partial charge in [-0.2, -0.15) is 0 Å². The summed E-state index contributed by atoms with van der Waals surface area (Å²) in [7, 11) is 0. The highest BCUT2D eigenvalue weighted by atomic mass is 16.2. The van der Waals surface area contributed by atoms with Crippen LogP contribution in [0.25, 0.3) is 0 Å². The Hall–Kier alpha value is -3.00. The Labute approximate surface area is 190 Å². The lowest BCUT2D eigenvalue weighted by atomic mass is 10.1. The number of nitrogens with one attached hydrogen (secondary N) is 2. The van der Waals surface area contributed by atoms with Crippen LogP contribution >= 0.6 is 0 Å². The number of pyridine rings is 1. The summed E-state index contributed by atoms with van der Waals surface area (Å²) in [5, 5.41) is 6.51. The lowest BCUT2D eigenvalue weighted by molar-refractivity contribution is 0.251. The summed E-state index contributed by atoms with van der Waals surface area (Å²) in [4.78, 5) is 31.2. The number of rotatable bonds is 2. The van der Waals surface area contributed by atoms with Crippen LogP contribution in [-0.2, 0) is 6.42 Å². The maximum Gasteiger partial charge on any atom is 0.328 e. The highest BCUT2D eigenvalue weighted by Gasteiger charge is 2.30. The topological polar surface area (TPSA) is 85.2 Å². The van der Waals surface area contributed by atoms with Crippen LogP contribution in [0.4, 0.5) is 16.3 Å². The molecule has 8 heteroatoms. The summed E-state index contributed by atoms with van der Waals surface area (Å²) in [6.07, 6.45) is 9.16. The number of hydrogen-bond donors (Lipinski definition) is 2. The highest BCUT2D eigenvalue weighted by Crippen LogP contribution is 2.34. The zero-order valence-electron chi connectivity index (χ0n) is 19.4. The quantitative estimate of drug-likeness (QED) is 0.748. The minimum atomic E-state index is -0.198. The zero-order chi connectivity index (χ0) is 22.7. The van der Waals surface area contributed by atoms with Gasteiger partial charge in [-0.15, -0.1) is 0 Å². The van der Waals surface area contributed by atoms with Gasteiger partial charge in [0.1, 0.15) is 11.7 Å². The fourth-order valence-electron chi connectivity index (χ4n) is 4.40. The molecule has 0 spiro atoms. The number of hydrogen-bond acceptors (Lipinski definition) is 6. The van der Waals surface area contributed by atoms with Crippen molar-refractivity contribution >= 4 is 29.6 Å². The van der Waals surface area contributed by atoms with Crippen LogP contribution in [-0.4, -0.2) is 61.3 Å². The third-order valence-electron chi connectivity index (χ3n) is 6.03. The van der Waals surface area contributed by atoms with Crippen molar-refractivity contribution in [1.29, 1.82) is 0 Å². The molecule has 1 fully saturated rings. The smallest absolute Gasteiger partial charge is 0.328 e. The van der Waals surface area contributed by atoms with Crippen molar-refractivity contribution in [3.8, 4) is 0 Å². The molecule has 2 atom stereocenters. The summed E-state index contributed by atoms with van der Waals surface area (Å²) >= 11 is 0. The summed E-state index contributed by atoms with van der Waals surface area (Å²) in [6, 6.07) is 2.29. The largest absolute Gasteiger partial charge is 0.368 e. The van der Waals surface area contributed by atoms with Crippen LogP contribution in [0.5, 0.6) is 0 Å². The SMILES string of the molecule is CCC1\C=C(C)/N=C\C(C)=C\C(NC(=O)N2CCc3c(N4CCNC(C)C4)ccnc32)=N1. The minimum Gasteiger partial charge on any atom is -0.368 e. The standard InChI is InChI=1S/C24H33N7O/c1-5-19-13-17(3)27-14-16(2)12-22(28-19)29-24(32)31-10-7-20-21(6-8-26-23(20)31)30-11-9-25-18(4)15-30/h6,8,12-14,18-19,25H,5,7,9-11,15H2,1-4H3,(H,28,29,32)/b16-12+,17-13-,27-14-. The van der Waals surface area contributed by atoms with Gasteiger partial charge in [0.2, 0.25) is 0 Å². The van der Waals surface area contributed by atoms with Gasteiger partial charge in [0, 0.05) is 61.6 Å². The lowest BCUT2D eigenvalue weighted by Crippen LogP contribution is -2.49. The number of carbonyl (C=O) groups excluding carboxylic acids is 1. The van der Waals surface area contributed by atoms with E-state index in [1.165, 1.54) is 5.69 Å². The molecule has 0 aliphatic carbocycles.